The van der Waals surface area contributed by atoms with Gasteiger partial charge in [-0.25, -0.2) is 17.8 Å². The van der Waals surface area contributed by atoms with Crippen molar-refractivity contribution >= 4 is 39.1 Å². The van der Waals surface area contributed by atoms with Crippen LogP contribution < -0.4 is 14.4 Å². The topological polar surface area (TPSA) is 101 Å². The lowest BCUT2D eigenvalue weighted by molar-refractivity contribution is -0.00404. The van der Waals surface area contributed by atoms with Crippen molar-refractivity contribution in [3.05, 3.63) is 70.3 Å². The Bertz CT molecular complexity index is 1920. The van der Waals surface area contributed by atoms with Gasteiger partial charge in [-0.2, -0.15) is 0 Å². The van der Waals surface area contributed by atoms with E-state index in [-0.39, 0.29) is 49.7 Å². The van der Waals surface area contributed by atoms with Crippen LogP contribution >= 0.6 is 11.6 Å². The minimum Gasteiger partial charge on any atom is -0.490 e. The summed E-state index contributed by atoms with van der Waals surface area (Å²) in [5.74, 6) is -2.48. The molecule has 2 aromatic carbocycles. The number of hydrogen-bond acceptors (Lipinski definition) is 6. The van der Waals surface area contributed by atoms with Crippen LogP contribution in [-0.4, -0.2) is 78.7 Å². The predicted octanol–water partition coefficient (Wildman–Crippen LogP) is 7.27. The number of amides is 3. The van der Waals surface area contributed by atoms with E-state index >= 15 is 0 Å². The Morgan fingerprint density at radius 1 is 1.18 bits per heavy atom. The van der Waals surface area contributed by atoms with E-state index in [0.29, 0.717) is 37.2 Å². The van der Waals surface area contributed by atoms with Crippen LogP contribution in [0.2, 0.25) is 5.02 Å². The standard InChI is InChI=1S/C38H45ClF2N4O5S.H2/c1-24-5-3-7-32(49-2)29-11-8-27(29)17-44-20-36(14-4-6-25-15-28(39)10-12-30(25)36)23-50-33-13-9-26(16-31(33)44)34(46)42-51(48,18-24)43-35(47)45-21-37(22-45)19-38(37,40)41;/h3,7,9-10,12-13,15-16,24,27,29,32H,4-6,8,11,14,17-23H2,1-2H3,(H,42,43,46,47,48);1H/b7-3+;/t24-,27-,29+,32-,36-,51?;/m0./s1. The number of carbonyl (C=O) groups is 2. The van der Waals surface area contributed by atoms with Crippen LogP contribution in [0.4, 0.5) is 19.3 Å². The van der Waals surface area contributed by atoms with Crippen molar-refractivity contribution in [3.8, 4) is 5.75 Å². The van der Waals surface area contributed by atoms with Crippen LogP contribution in [0, 0.1) is 23.2 Å². The summed E-state index contributed by atoms with van der Waals surface area (Å²) < 4.78 is 61.5. The number of allylic oxidation sites excluding steroid dienone is 1. The zero-order chi connectivity index (χ0) is 35.8. The van der Waals surface area contributed by atoms with Crippen molar-refractivity contribution < 1.29 is 33.5 Å². The molecule has 2 saturated carbocycles. The Labute approximate surface area is 304 Å². The zero-order valence-electron chi connectivity index (χ0n) is 29.0. The van der Waals surface area contributed by atoms with Gasteiger partial charge in [-0.05, 0) is 97.7 Å². The number of methoxy groups -OCH3 is 1. The van der Waals surface area contributed by atoms with Crippen LogP contribution in [0.15, 0.2) is 52.9 Å². The summed E-state index contributed by atoms with van der Waals surface area (Å²) in [6.07, 6.45) is 9.29. The summed E-state index contributed by atoms with van der Waals surface area (Å²) in [7, 11) is -1.90. The van der Waals surface area contributed by atoms with Crippen LogP contribution in [-0.2, 0) is 26.5 Å². The molecule has 3 heterocycles. The summed E-state index contributed by atoms with van der Waals surface area (Å²) in [6, 6.07) is 10.6. The van der Waals surface area contributed by atoms with E-state index in [4.69, 9.17) is 21.1 Å². The van der Waals surface area contributed by atoms with Crippen LogP contribution in [0.25, 0.3) is 0 Å². The second-order valence-corrected chi connectivity index (χ2v) is 18.3. The first-order valence-corrected chi connectivity index (χ1v) is 20.1. The van der Waals surface area contributed by atoms with Crippen molar-refractivity contribution in [2.75, 3.05) is 50.5 Å². The average molecular weight is 745 g/mol. The van der Waals surface area contributed by atoms with Gasteiger partial charge in [-0.3, -0.25) is 9.52 Å². The molecule has 2 aromatic rings. The maximum absolute atomic E-state index is 14.4. The van der Waals surface area contributed by atoms with Gasteiger partial charge in [-0.15, -0.1) is 4.36 Å². The Morgan fingerprint density at radius 3 is 2.71 bits per heavy atom. The van der Waals surface area contributed by atoms with Crippen molar-refractivity contribution in [3.63, 3.8) is 0 Å². The van der Waals surface area contributed by atoms with Gasteiger partial charge in [0, 0.05) is 57.1 Å². The van der Waals surface area contributed by atoms with Gasteiger partial charge in [-0.1, -0.05) is 36.7 Å². The number of fused-ring (bicyclic) bond motifs is 4. The molecule has 9 nitrogen and oxygen atoms in total. The van der Waals surface area contributed by atoms with Crippen molar-refractivity contribution in [2.24, 2.45) is 27.5 Å². The van der Waals surface area contributed by atoms with Crippen LogP contribution in [0.3, 0.4) is 0 Å². The third kappa shape index (κ3) is 6.33. The maximum Gasteiger partial charge on any atom is 0.329 e. The second-order valence-electron chi connectivity index (χ2n) is 15.9. The molecule has 6 atom stereocenters. The maximum atomic E-state index is 14.4. The minimum absolute atomic E-state index is 0. The number of alkyl halides is 2. The molecule has 0 aromatic heterocycles. The first kappa shape index (κ1) is 34.8. The van der Waals surface area contributed by atoms with Gasteiger partial charge < -0.3 is 19.3 Å². The SMILES string of the molecule is CO[C@H]1/C=C/C[C@H](C)CS(=O)(NC(=O)N2CC3(C2)CC3(F)F)=NC(=O)c2ccc3c(c2)N(C[C@@H]2CC[C@H]21)C[C@@]1(CCCc2cc(Cl)ccc21)CO3.[HH]. The van der Waals surface area contributed by atoms with Crippen LogP contribution in [0.1, 0.15) is 68.4 Å². The highest BCUT2D eigenvalue weighted by atomic mass is 35.5. The van der Waals surface area contributed by atoms with E-state index in [2.05, 4.69) is 32.2 Å². The van der Waals surface area contributed by atoms with Gasteiger partial charge in [0.25, 0.3) is 11.8 Å². The summed E-state index contributed by atoms with van der Waals surface area (Å²) in [6.45, 7) is 3.55. The highest BCUT2D eigenvalue weighted by molar-refractivity contribution is 7.92. The van der Waals surface area contributed by atoms with E-state index in [9.17, 15) is 22.6 Å². The number of benzene rings is 2. The number of hydrogen-bond donors (Lipinski definition) is 1. The summed E-state index contributed by atoms with van der Waals surface area (Å²) in [5, 5.41) is 0.719. The Morgan fingerprint density at radius 2 is 1.98 bits per heavy atom. The Balaban J connectivity index is 0.00000420. The third-order valence-electron chi connectivity index (χ3n) is 12.2. The zero-order valence-corrected chi connectivity index (χ0v) is 30.6. The number of likely N-dealkylation sites (tertiary alicyclic amines) is 1. The number of anilines is 1. The molecule has 1 N–H and O–H groups in total. The number of ether oxygens (including phenoxy) is 2. The molecule has 3 aliphatic carbocycles. The fraction of sp³-hybridized carbons (Fsp3) is 0.579. The molecule has 2 spiro atoms. The van der Waals surface area contributed by atoms with E-state index in [1.807, 2.05) is 19.1 Å². The van der Waals surface area contributed by atoms with Crippen molar-refractivity contribution in [2.45, 2.75) is 69.3 Å². The number of rotatable bonds is 2. The number of nitrogens with zero attached hydrogens (tertiary/aromatic N) is 3. The molecule has 8 rings (SSSR count). The molecule has 3 aliphatic heterocycles. The second kappa shape index (κ2) is 12.7. The highest BCUT2D eigenvalue weighted by Gasteiger charge is 2.76. The number of carbonyl (C=O) groups excluding carboxylic acids is 2. The van der Waals surface area contributed by atoms with Gasteiger partial charge in [0.05, 0.1) is 29.6 Å². The fourth-order valence-corrected chi connectivity index (χ4v) is 11.2. The largest absolute Gasteiger partial charge is 0.490 e. The average Bonchev–Trinajstić information content (AvgIpc) is 3.68. The Kier molecular flexibility index (Phi) is 8.69. The first-order valence-electron chi connectivity index (χ1n) is 18.1. The molecule has 3 fully saturated rings. The molecule has 1 saturated heterocycles. The molecule has 276 valence electrons. The quantitative estimate of drug-likeness (QED) is 0.325. The number of halogens is 3. The van der Waals surface area contributed by atoms with E-state index in [0.717, 1.165) is 49.4 Å². The fourth-order valence-electron chi connectivity index (χ4n) is 9.12. The molecule has 0 radical (unpaired) electrons. The predicted molar refractivity (Wildman–Crippen MR) is 194 cm³/mol. The van der Waals surface area contributed by atoms with E-state index < -0.39 is 33.2 Å². The van der Waals surface area contributed by atoms with Gasteiger partial charge >= 0.3 is 6.03 Å². The van der Waals surface area contributed by atoms with Crippen LogP contribution in [0.5, 0.6) is 5.75 Å². The minimum atomic E-state index is -3.63. The molecular weight excluding hydrogens is 698 g/mol. The summed E-state index contributed by atoms with van der Waals surface area (Å²) in [5.41, 5.74) is 2.02. The molecular formula is C38H47ClF2N4O5S. The molecule has 3 amide bonds. The smallest absolute Gasteiger partial charge is 0.329 e. The van der Waals surface area contributed by atoms with E-state index in [1.54, 1.807) is 25.3 Å². The Hall–Kier alpha value is -3.22. The lowest BCUT2D eigenvalue weighted by Gasteiger charge is -2.46. The third-order valence-corrected chi connectivity index (χ3v) is 14.5. The van der Waals surface area contributed by atoms with Gasteiger partial charge in [0.1, 0.15) is 15.7 Å². The van der Waals surface area contributed by atoms with Gasteiger partial charge in [0.2, 0.25) is 0 Å². The lowest BCUT2D eigenvalue weighted by atomic mass is 9.68. The molecule has 2 bridgehead atoms. The molecule has 6 aliphatic rings. The van der Waals surface area contributed by atoms with Gasteiger partial charge in [0.15, 0.2) is 0 Å². The highest BCUT2D eigenvalue weighted by Crippen LogP contribution is 2.65. The van der Waals surface area contributed by atoms with Crippen molar-refractivity contribution in [1.29, 1.82) is 0 Å². The molecule has 1 unspecified atom stereocenters. The summed E-state index contributed by atoms with van der Waals surface area (Å²) in [4.78, 5) is 30.7. The molecule has 51 heavy (non-hydrogen) atoms. The van der Waals surface area contributed by atoms with Crippen molar-refractivity contribution in [1.82, 2.24) is 9.62 Å². The normalized spacial score (nSPS) is 34.1. The van der Waals surface area contributed by atoms with E-state index in [1.165, 1.54) is 16.0 Å². The summed E-state index contributed by atoms with van der Waals surface area (Å²) >= 11 is 6.44. The first-order chi connectivity index (χ1) is 24.3. The monoisotopic (exact) mass is 744 g/mol. The number of urea groups is 1. The lowest BCUT2D eigenvalue weighted by Crippen LogP contribution is -2.58. The number of aryl methyl sites for hydroxylation is 1. The number of nitrogens with one attached hydrogen (secondary N) is 1. The molecule has 13 heteroatoms.